The maximum absolute atomic E-state index is 13.5. The molecule has 1 saturated heterocycles. The molecule has 2 aliphatic rings. The lowest BCUT2D eigenvalue weighted by atomic mass is 9.85. The van der Waals surface area contributed by atoms with Gasteiger partial charge in [-0.25, -0.2) is 0 Å². The minimum atomic E-state index is -0.160. The molecule has 3 amide bonds. The second-order valence-corrected chi connectivity index (χ2v) is 11.8. The summed E-state index contributed by atoms with van der Waals surface area (Å²) in [6.07, 6.45) is 5.08. The Morgan fingerprint density at radius 2 is 1.74 bits per heavy atom. The van der Waals surface area contributed by atoms with E-state index < -0.39 is 0 Å². The SMILES string of the molecule is CCN(C(=O)Cn1c(C(=O)N[C@H]2CC[C@H](C(=O)NC3CCNCC3)CC2)cc2sccc21)c1cccc(C)c1. The van der Waals surface area contributed by atoms with Gasteiger partial charge in [-0.1, -0.05) is 12.1 Å². The second kappa shape index (κ2) is 12.3. The second-order valence-electron chi connectivity index (χ2n) is 10.8. The van der Waals surface area contributed by atoms with E-state index in [-0.39, 0.29) is 42.3 Å². The average Bonchev–Trinajstić information content (AvgIpc) is 3.53. The van der Waals surface area contributed by atoms with E-state index in [1.54, 1.807) is 16.2 Å². The summed E-state index contributed by atoms with van der Waals surface area (Å²) >= 11 is 1.57. The predicted molar refractivity (Wildman–Crippen MR) is 156 cm³/mol. The van der Waals surface area contributed by atoms with E-state index >= 15 is 0 Å². The molecule has 2 fully saturated rings. The zero-order chi connectivity index (χ0) is 27.4. The van der Waals surface area contributed by atoms with Crippen molar-refractivity contribution in [2.75, 3.05) is 24.5 Å². The smallest absolute Gasteiger partial charge is 0.268 e. The minimum absolute atomic E-state index is 0.0153. The monoisotopic (exact) mass is 549 g/mol. The third-order valence-corrected chi connectivity index (χ3v) is 8.95. The van der Waals surface area contributed by atoms with Crippen LogP contribution in [0.4, 0.5) is 5.69 Å². The quantitative estimate of drug-likeness (QED) is 0.392. The number of hydrogen-bond acceptors (Lipinski definition) is 5. The Kier molecular flexibility index (Phi) is 8.67. The number of fused-ring (bicyclic) bond motifs is 1. The normalized spacial score (nSPS) is 20.1. The first kappa shape index (κ1) is 27.4. The molecule has 1 aromatic carbocycles. The summed E-state index contributed by atoms with van der Waals surface area (Å²) in [5.41, 5.74) is 3.37. The summed E-state index contributed by atoms with van der Waals surface area (Å²) in [6.45, 7) is 6.53. The zero-order valence-electron chi connectivity index (χ0n) is 22.9. The van der Waals surface area contributed by atoms with Crippen molar-refractivity contribution < 1.29 is 14.4 Å². The van der Waals surface area contributed by atoms with E-state index in [1.165, 1.54) is 0 Å². The molecule has 0 spiro atoms. The third-order valence-electron chi connectivity index (χ3n) is 8.10. The van der Waals surface area contributed by atoms with E-state index in [0.29, 0.717) is 12.2 Å². The number of hydrogen-bond donors (Lipinski definition) is 3. The van der Waals surface area contributed by atoms with Gasteiger partial charge in [-0.15, -0.1) is 11.3 Å². The summed E-state index contributed by atoms with van der Waals surface area (Å²) in [6, 6.07) is 12.1. The van der Waals surface area contributed by atoms with Crippen molar-refractivity contribution in [3.8, 4) is 0 Å². The van der Waals surface area contributed by atoms with Crippen LogP contribution < -0.4 is 20.9 Å². The number of thiophene rings is 1. The molecule has 2 aromatic heterocycles. The van der Waals surface area contributed by atoms with Gasteiger partial charge in [0.25, 0.3) is 5.91 Å². The van der Waals surface area contributed by atoms with Crippen LogP contribution in [0.3, 0.4) is 0 Å². The Bertz CT molecular complexity index is 1320. The number of nitrogens with zero attached hydrogens (tertiary/aromatic N) is 2. The van der Waals surface area contributed by atoms with Gasteiger partial charge in [0.05, 0.1) is 10.2 Å². The number of aromatic nitrogens is 1. The summed E-state index contributed by atoms with van der Waals surface area (Å²) in [7, 11) is 0. The Balaban J connectivity index is 1.22. The van der Waals surface area contributed by atoms with Crippen LogP contribution in [0, 0.1) is 12.8 Å². The first-order chi connectivity index (χ1) is 18.9. The lowest BCUT2D eigenvalue weighted by molar-refractivity contribution is -0.127. The molecule has 3 N–H and O–H groups in total. The van der Waals surface area contributed by atoms with E-state index in [4.69, 9.17) is 0 Å². The fourth-order valence-corrected chi connectivity index (χ4v) is 6.72. The van der Waals surface area contributed by atoms with Crippen LogP contribution >= 0.6 is 11.3 Å². The fourth-order valence-electron chi connectivity index (χ4n) is 5.90. The fraction of sp³-hybridized carbons (Fsp3) is 0.500. The van der Waals surface area contributed by atoms with Gasteiger partial charge in [0.15, 0.2) is 0 Å². The molecule has 3 heterocycles. The van der Waals surface area contributed by atoms with Gasteiger partial charge in [-0.05, 0) is 101 Å². The molecular formula is C30H39N5O3S. The topological polar surface area (TPSA) is 95.5 Å². The van der Waals surface area contributed by atoms with Crippen LogP contribution in [0.2, 0.25) is 0 Å². The molecule has 1 saturated carbocycles. The molecule has 0 radical (unpaired) electrons. The number of anilines is 1. The molecule has 1 aliphatic carbocycles. The Labute approximate surface area is 234 Å². The Morgan fingerprint density at radius 1 is 1.00 bits per heavy atom. The van der Waals surface area contributed by atoms with Crippen LogP contribution in [0.5, 0.6) is 0 Å². The van der Waals surface area contributed by atoms with Crippen molar-refractivity contribution in [3.63, 3.8) is 0 Å². The number of carbonyl (C=O) groups is 3. The molecule has 5 rings (SSSR count). The van der Waals surface area contributed by atoms with Gasteiger partial charge in [-0.3, -0.25) is 14.4 Å². The molecule has 9 heteroatoms. The zero-order valence-corrected chi connectivity index (χ0v) is 23.7. The van der Waals surface area contributed by atoms with E-state index in [9.17, 15) is 14.4 Å². The van der Waals surface area contributed by atoms with Crippen LogP contribution in [0.25, 0.3) is 10.2 Å². The van der Waals surface area contributed by atoms with Crippen LogP contribution in [-0.2, 0) is 16.1 Å². The van der Waals surface area contributed by atoms with Crippen LogP contribution in [0.15, 0.2) is 41.8 Å². The summed E-state index contributed by atoms with van der Waals surface area (Å²) in [5, 5.41) is 11.8. The first-order valence-corrected chi connectivity index (χ1v) is 15.1. The summed E-state index contributed by atoms with van der Waals surface area (Å²) in [4.78, 5) is 41.5. The maximum atomic E-state index is 13.5. The van der Waals surface area contributed by atoms with Gasteiger partial charge in [0.2, 0.25) is 11.8 Å². The molecule has 0 bridgehead atoms. The summed E-state index contributed by atoms with van der Waals surface area (Å²) in [5.74, 6) is -0.0385. The highest BCUT2D eigenvalue weighted by Gasteiger charge is 2.30. The van der Waals surface area contributed by atoms with Crippen LogP contribution in [0.1, 0.15) is 61.5 Å². The van der Waals surface area contributed by atoms with E-state index in [0.717, 1.165) is 73.1 Å². The largest absolute Gasteiger partial charge is 0.353 e. The standard InChI is InChI=1S/C30H39N5O3S/c1-3-34(24-6-4-5-20(2)17-24)28(36)19-35-25-13-16-39-27(25)18-26(35)30(38)33-22-9-7-21(8-10-22)29(37)32-23-11-14-31-15-12-23/h4-6,13,16-18,21-23,31H,3,7-12,14-15,19H2,1-2H3,(H,32,37)(H,33,38)/t21-,22-. The van der Waals surface area contributed by atoms with Crippen molar-refractivity contribution in [2.24, 2.45) is 5.92 Å². The molecular weight excluding hydrogens is 510 g/mol. The lowest BCUT2D eigenvalue weighted by Gasteiger charge is -2.31. The number of nitrogens with one attached hydrogen (secondary N) is 3. The molecule has 3 aromatic rings. The molecule has 8 nitrogen and oxygen atoms in total. The molecule has 0 unspecified atom stereocenters. The van der Waals surface area contributed by atoms with Crippen molar-refractivity contribution in [1.82, 2.24) is 20.5 Å². The third kappa shape index (κ3) is 6.36. The predicted octanol–water partition coefficient (Wildman–Crippen LogP) is 4.22. The Hall–Kier alpha value is -3.17. The van der Waals surface area contributed by atoms with Gasteiger partial charge in [-0.2, -0.15) is 0 Å². The molecule has 39 heavy (non-hydrogen) atoms. The van der Waals surface area contributed by atoms with Crippen molar-refractivity contribution in [2.45, 2.75) is 71.0 Å². The lowest BCUT2D eigenvalue weighted by Crippen LogP contribution is -2.46. The average molecular weight is 550 g/mol. The maximum Gasteiger partial charge on any atom is 0.268 e. The van der Waals surface area contributed by atoms with E-state index in [2.05, 4.69) is 16.0 Å². The Morgan fingerprint density at radius 3 is 2.46 bits per heavy atom. The van der Waals surface area contributed by atoms with Crippen molar-refractivity contribution in [3.05, 3.63) is 53.0 Å². The number of piperidine rings is 1. The number of carbonyl (C=O) groups excluding carboxylic acids is 3. The number of rotatable bonds is 8. The number of aryl methyl sites for hydroxylation is 1. The molecule has 1 aliphatic heterocycles. The van der Waals surface area contributed by atoms with Crippen molar-refractivity contribution >= 4 is 45.0 Å². The van der Waals surface area contributed by atoms with Gasteiger partial charge < -0.3 is 25.4 Å². The van der Waals surface area contributed by atoms with Gasteiger partial charge >= 0.3 is 0 Å². The number of benzene rings is 1. The van der Waals surface area contributed by atoms with Crippen LogP contribution in [-0.4, -0.2) is 54.0 Å². The number of likely N-dealkylation sites (N-methyl/N-ethyl adjacent to an activating group) is 1. The molecule has 0 atom stereocenters. The van der Waals surface area contributed by atoms with Crippen molar-refractivity contribution in [1.29, 1.82) is 0 Å². The van der Waals surface area contributed by atoms with Gasteiger partial charge in [0.1, 0.15) is 12.2 Å². The highest BCUT2D eigenvalue weighted by molar-refractivity contribution is 7.17. The molecule has 208 valence electrons. The number of amides is 3. The van der Waals surface area contributed by atoms with E-state index in [1.807, 2.05) is 60.2 Å². The first-order valence-electron chi connectivity index (χ1n) is 14.2. The summed E-state index contributed by atoms with van der Waals surface area (Å²) < 4.78 is 2.84. The minimum Gasteiger partial charge on any atom is -0.353 e. The van der Waals surface area contributed by atoms with Gasteiger partial charge in [0, 0.05) is 30.2 Å². The highest BCUT2D eigenvalue weighted by Crippen LogP contribution is 2.28. The highest BCUT2D eigenvalue weighted by atomic mass is 32.1.